The number of ether oxygens (including phenoxy) is 1. The van der Waals surface area contributed by atoms with Gasteiger partial charge in [-0.25, -0.2) is 18.6 Å². The normalized spacial score (nSPS) is 15.9. The van der Waals surface area contributed by atoms with Crippen LogP contribution in [0.4, 0.5) is 8.78 Å². The number of benzene rings is 2. The smallest absolute Gasteiger partial charge is 0.363 e. The van der Waals surface area contributed by atoms with E-state index in [1.165, 1.54) is 12.1 Å². The Morgan fingerprint density at radius 3 is 2.68 bits per heavy atom. The van der Waals surface area contributed by atoms with Crippen molar-refractivity contribution < 1.29 is 18.3 Å². The van der Waals surface area contributed by atoms with Crippen LogP contribution in [0.3, 0.4) is 0 Å². The second kappa shape index (κ2) is 5.81. The monoisotopic (exact) mass is 363 g/mol. The molecule has 0 aromatic heterocycles. The predicted octanol–water partition coefficient (Wildman–Crippen LogP) is 4.07. The van der Waals surface area contributed by atoms with Gasteiger partial charge in [0.15, 0.2) is 5.70 Å². The zero-order valence-corrected chi connectivity index (χ0v) is 12.6. The molecule has 0 spiro atoms. The van der Waals surface area contributed by atoms with Gasteiger partial charge in [-0.2, -0.15) is 0 Å². The first kappa shape index (κ1) is 14.6. The molecule has 1 aliphatic heterocycles. The van der Waals surface area contributed by atoms with Crippen LogP contribution < -0.4 is 0 Å². The largest absolute Gasteiger partial charge is 0.402 e. The maximum Gasteiger partial charge on any atom is 0.363 e. The Kier molecular flexibility index (Phi) is 3.85. The van der Waals surface area contributed by atoms with Crippen molar-refractivity contribution in [2.75, 3.05) is 0 Å². The number of rotatable bonds is 2. The third kappa shape index (κ3) is 2.96. The third-order valence-electron chi connectivity index (χ3n) is 2.95. The standard InChI is InChI=1S/C16H8BrF2NO2/c17-11-3-1-2-10(6-11)15-20-14(16(21)22-15)7-9-4-5-12(18)8-13(9)19/h1-8H/b14-7-. The molecule has 0 saturated heterocycles. The summed E-state index contributed by atoms with van der Waals surface area (Å²) in [6.07, 6.45) is 1.22. The molecule has 0 N–H and O–H groups in total. The van der Waals surface area contributed by atoms with Crippen LogP contribution in [-0.4, -0.2) is 11.9 Å². The van der Waals surface area contributed by atoms with Gasteiger partial charge in [-0.15, -0.1) is 0 Å². The second-order valence-electron chi connectivity index (χ2n) is 4.51. The van der Waals surface area contributed by atoms with Crippen molar-refractivity contribution in [1.82, 2.24) is 0 Å². The fourth-order valence-electron chi connectivity index (χ4n) is 1.92. The molecule has 1 aliphatic rings. The van der Waals surface area contributed by atoms with Crippen LogP contribution in [0.15, 0.2) is 57.6 Å². The molecule has 0 bridgehead atoms. The lowest BCUT2D eigenvalue weighted by Crippen LogP contribution is -2.05. The topological polar surface area (TPSA) is 38.7 Å². The molecule has 0 fully saturated rings. The summed E-state index contributed by atoms with van der Waals surface area (Å²) in [4.78, 5) is 15.9. The average molecular weight is 364 g/mol. The van der Waals surface area contributed by atoms with Gasteiger partial charge in [0.2, 0.25) is 5.90 Å². The Hall–Kier alpha value is -2.34. The zero-order chi connectivity index (χ0) is 15.7. The number of aliphatic imine (C=N–C) groups is 1. The third-order valence-corrected chi connectivity index (χ3v) is 3.44. The Bertz CT molecular complexity index is 831. The predicted molar refractivity (Wildman–Crippen MR) is 81.1 cm³/mol. The Morgan fingerprint density at radius 1 is 1.14 bits per heavy atom. The maximum atomic E-state index is 13.6. The molecule has 1 heterocycles. The zero-order valence-electron chi connectivity index (χ0n) is 11.0. The highest BCUT2D eigenvalue weighted by Crippen LogP contribution is 2.22. The van der Waals surface area contributed by atoms with Crippen LogP contribution in [0.25, 0.3) is 6.08 Å². The lowest BCUT2D eigenvalue weighted by Gasteiger charge is -1.99. The highest BCUT2D eigenvalue weighted by atomic mass is 79.9. The highest BCUT2D eigenvalue weighted by molar-refractivity contribution is 9.10. The molecule has 0 aliphatic carbocycles. The van der Waals surface area contributed by atoms with Gasteiger partial charge in [-0.05, 0) is 36.4 Å². The number of esters is 1. The first-order chi connectivity index (χ1) is 10.5. The molecular formula is C16H8BrF2NO2. The Labute approximate surface area is 133 Å². The number of carbonyl (C=O) groups excluding carboxylic acids is 1. The minimum atomic E-state index is -0.772. The van der Waals surface area contributed by atoms with Crippen molar-refractivity contribution >= 4 is 33.9 Å². The van der Waals surface area contributed by atoms with Gasteiger partial charge < -0.3 is 4.74 Å². The van der Waals surface area contributed by atoms with E-state index in [2.05, 4.69) is 20.9 Å². The van der Waals surface area contributed by atoms with Gasteiger partial charge >= 0.3 is 5.97 Å². The number of nitrogens with zero attached hydrogens (tertiary/aromatic N) is 1. The number of hydrogen-bond acceptors (Lipinski definition) is 3. The van der Waals surface area contributed by atoms with Gasteiger partial charge in [-0.1, -0.05) is 22.0 Å². The minimum Gasteiger partial charge on any atom is -0.402 e. The van der Waals surface area contributed by atoms with E-state index in [4.69, 9.17) is 4.74 Å². The van der Waals surface area contributed by atoms with Crippen molar-refractivity contribution in [1.29, 1.82) is 0 Å². The molecule has 2 aromatic carbocycles. The fourth-order valence-corrected chi connectivity index (χ4v) is 2.32. The summed E-state index contributed by atoms with van der Waals surface area (Å²) in [7, 11) is 0. The van der Waals surface area contributed by atoms with Crippen LogP contribution in [0.1, 0.15) is 11.1 Å². The molecule has 0 radical (unpaired) electrons. The van der Waals surface area contributed by atoms with Crippen LogP contribution in [0, 0.1) is 11.6 Å². The summed E-state index contributed by atoms with van der Waals surface area (Å²) < 4.78 is 32.4. The first-order valence-corrected chi connectivity index (χ1v) is 7.06. The average Bonchev–Trinajstić information content (AvgIpc) is 2.83. The van der Waals surface area contributed by atoms with Crippen molar-refractivity contribution in [3.8, 4) is 0 Å². The van der Waals surface area contributed by atoms with Crippen molar-refractivity contribution in [2.24, 2.45) is 4.99 Å². The highest BCUT2D eigenvalue weighted by Gasteiger charge is 2.24. The van der Waals surface area contributed by atoms with Gasteiger partial charge in [0, 0.05) is 21.7 Å². The van der Waals surface area contributed by atoms with Gasteiger partial charge in [0.25, 0.3) is 0 Å². The molecule has 0 saturated carbocycles. The molecule has 22 heavy (non-hydrogen) atoms. The second-order valence-corrected chi connectivity index (χ2v) is 5.43. The van der Waals surface area contributed by atoms with Crippen LogP contribution in [0.2, 0.25) is 0 Å². The van der Waals surface area contributed by atoms with E-state index in [-0.39, 0.29) is 17.2 Å². The summed E-state index contributed by atoms with van der Waals surface area (Å²) >= 11 is 3.31. The molecule has 2 aromatic rings. The van der Waals surface area contributed by atoms with E-state index < -0.39 is 17.6 Å². The van der Waals surface area contributed by atoms with E-state index in [9.17, 15) is 13.6 Å². The molecule has 6 heteroatoms. The Morgan fingerprint density at radius 2 is 1.95 bits per heavy atom. The summed E-state index contributed by atoms with van der Waals surface area (Å²) in [5, 5.41) is 0. The molecule has 0 atom stereocenters. The summed E-state index contributed by atoms with van der Waals surface area (Å²) in [5.41, 5.74) is 0.638. The number of hydrogen-bond donors (Lipinski definition) is 0. The van der Waals surface area contributed by atoms with Gasteiger partial charge in [-0.3, -0.25) is 0 Å². The van der Waals surface area contributed by atoms with Gasteiger partial charge in [0.1, 0.15) is 11.6 Å². The summed E-state index contributed by atoms with van der Waals surface area (Å²) in [5.74, 6) is -2.00. The maximum absolute atomic E-state index is 13.6. The lowest BCUT2D eigenvalue weighted by atomic mass is 10.2. The minimum absolute atomic E-state index is 0.0412. The van der Waals surface area contributed by atoms with Crippen LogP contribution in [0.5, 0.6) is 0 Å². The fraction of sp³-hybridized carbons (Fsp3) is 0. The van der Waals surface area contributed by atoms with E-state index >= 15 is 0 Å². The first-order valence-electron chi connectivity index (χ1n) is 6.26. The van der Waals surface area contributed by atoms with Crippen molar-refractivity contribution in [3.63, 3.8) is 0 Å². The molecule has 3 rings (SSSR count). The molecular weight excluding hydrogens is 356 g/mol. The molecule has 3 nitrogen and oxygen atoms in total. The number of cyclic esters (lactones) is 1. The van der Waals surface area contributed by atoms with E-state index in [0.717, 1.165) is 16.6 Å². The number of carbonyl (C=O) groups is 1. The molecule has 0 unspecified atom stereocenters. The molecule has 110 valence electrons. The van der Waals surface area contributed by atoms with E-state index in [1.807, 2.05) is 6.07 Å². The quantitative estimate of drug-likeness (QED) is 0.595. The van der Waals surface area contributed by atoms with E-state index in [0.29, 0.717) is 5.56 Å². The van der Waals surface area contributed by atoms with Crippen LogP contribution in [-0.2, 0) is 9.53 Å². The number of halogens is 3. The Balaban J connectivity index is 1.97. The summed E-state index contributed by atoms with van der Waals surface area (Å²) in [6.45, 7) is 0. The van der Waals surface area contributed by atoms with E-state index in [1.54, 1.807) is 18.2 Å². The van der Waals surface area contributed by atoms with Crippen molar-refractivity contribution in [2.45, 2.75) is 0 Å². The molecule has 0 amide bonds. The lowest BCUT2D eigenvalue weighted by molar-refractivity contribution is -0.129. The van der Waals surface area contributed by atoms with Crippen LogP contribution >= 0.6 is 15.9 Å². The summed E-state index contributed by atoms with van der Waals surface area (Å²) in [6, 6.07) is 10.2. The van der Waals surface area contributed by atoms with Gasteiger partial charge in [0.05, 0.1) is 0 Å². The van der Waals surface area contributed by atoms with Crippen molar-refractivity contribution in [3.05, 3.63) is 75.4 Å². The SMILES string of the molecule is O=C1OC(c2cccc(Br)c2)=N/C1=C\c1ccc(F)cc1F.